The molecule has 148 valence electrons. The van der Waals surface area contributed by atoms with E-state index in [4.69, 9.17) is 4.98 Å². The number of hydrogen-bond donors (Lipinski definition) is 3. The molecule has 0 aliphatic heterocycles. The van der Waals surface area contributed by atoms with Crippen molar-refractivity contribution in [3.63, 3.8) is 0 Å². The first-order chi connectivity index (χ1) is 14.2. The highest BCUT2D eigenvalue weighted by molar-refractivity contribution is 7.17. The molecule has 4 heterocycles. The first kappa shape index (κ1) is 18.0. The summed E-state index contributed by atoms with van der Waals surface area (Å²) in [5, 5.41) is 23.0. The van der Waals surface area contributed by atoms with Crippen molar-refractivity contribution in [2.24, 2.45) is 0 Å². The summed E-state index contributed by atoms with van der Waals surface area (Å²) in [6.07, 6.45) is 10.5. The third-order valence-electron chi connectivity index (χ3n) is 5.09. The lowest BCUT2D eigenvalue weighted by molar-refractivity contribution is 0.126. The molecule has 0 saturated heterocycles. The number of pyridine rings is 1. The number of rotatable bonds is 5. The summed E-state index contributed by atoms with van der Waals surface area (Å²) in [6, 6.07) is 6.14. The van der Waals surface area contributed by atoms with Gasteiger partial charge < -0.3 is 15.7 Å². The molecule has 3 N–H and O–H groups in total. The molecule has 29 heavy (non-hydrogen) atoms. The largest absolute Gasteiger partial charge is 0.393 e. The lowest BCUT2D eigenvalue weighted by Crippen LogP contribution is -2.28. The number of thiophene rings is 1. The first-order valence-electron chi connectivity index (χ1n) is 9.66. The Balaban J connectivity index is 1.39. The maximum Gasteiger partial charge on any atom is 0.229 e. The summed E-state index contributed by atoms with van der Waals surface area (Å²) in [6.45, 7) is 0. The van der Waals surface area contributed by atoms with Crippen LogP contribution in [0.4, 0.5) is 17.5 Å². The highest BCUT2D eigenvalue weighted by atomic mass is 32.1. The van der Waals surface area contributed by atoms with Crippen LogP contribution in [0.5, 0.6) is 0 Å². The smallest absolute Gasteiger partial charge is 0.229 e. The van der Waals surface area contributed by atoms with Crippen LogP contribution in [0.3, 0.4) is 0 Å². The van der Waals surface area contributed by atoms with Gasteiger partial charge in [0.05, 0.1) is 46.3 Å². The molecule has 0 amide bonds. The van der Waals surface area contributed by atoms with Crippen molar-refractivity contribution in [2.45, 2.75) is 37.8 Å². The Morgan fingerprint density at radius 3 is 2.83 bits per heavy atom. The van der Waals surface area contributed by atoms with Gasteiger partial charge in [0.1, 0.15) is 5.82 Å². The van der Waals surface area contributed by atoms with E-state index in [-0.39, 0.29) is 6.10 Å². The summed E-state index contributed by atoms with van der Waals surface area (Å²) in [4.78, 5) is 13.5. The molecule has 0 atom stereocenters. The van der Waals surface area contributed by atoms with Crippen molar-refractivity contribution >= 4 is 39.0 Å². The van der Waals surface area contributed by atoms with Crippen LogP contribution in [-0.4, -0.2) is 42.0 Å². The van der Waals surface area contributed by atoms with E-state index in [1.165, 1.54) is 0 Å². The van der Waals surface area contributed by atoms with Gasteiger partial charge in [-0.2, -0.15) is 10.1 Å². The van der Waals surface area contributed by atoms with E-state index in [2.05, 4.69) is 25.7 Å². The first-order valence-corrected chi connectivity index (χ1v) is 10.5. The predicted octanol–water partition coefficient (Wildman–Crippen LogP) is 3.73. The third-order valence-corrected chi connectivity index (χ3v) is 6.00. The molecule has 0 radical (unpaired) electrons. The molecular formula is C20H21N7OS. The van der Waals surface area contributed by atoms with E-state index in [9.17, 15) is 5.11 Å². The van der Waals surface area contributed by atoms with E-state index >= 15 is 0 Å². The van der Waals surface area contributed by atoms with Crippen LogP contribution in [0.15, 0.2) is 48.4 Å². The monoisotopic (exact) mass is 407 g/mol. The van der Waals surface area contributed by atoms with Gasteiger partial charge in [-0.25, -0.2) is 9.67 Å². The maximum atomic E-state index is 9.75. The van der Waals surface area contributed by atoms with Crippen molar-refractivity contribution in [3.05, 3.63) is 48.4 Å². The van der Waals surface area contributed by atoms with E-state index in [0.29, 0.717) is 12.0 Å². The van der Waals surface area contributed by atoms with E-state index in [0.717, 1.165) is 53.1 Å². The zero-order valence-corrected chi connectivity index (χ0v) is 16.5. The quantitative estimate of drug-likeness (QED) is 0.463. The number of nitrogens with zero attached hydrogens (tertiary/aromatic N) is 5. The standard InChI is InChI=1S/C20H21N7OS/c28-16-5-3-13(4-6-16)23-19-18-17(7-9-29-18)25-20(26-19)24-14-10-22-27(12-14)15-2-1-8-21-11-15/h1-2,7-13,16,28H,3-6H2,(H2,23,24,25,26)/t13-,16-. The van der Waals surface area contributed by atoms with Crippen LogP contribution >= 0.6 is 11.3 Å². The molecule has 4 aromatic heterocycles. The molecule has 5 rings (SSSR count). The van der Waals surface area contributed by atoms with Gasteiger partial charge in [0.25, 0.3) is 0 Å². The number of aliphatic hydroxyl groups excluding tert-OH is 1. The fourth-order valence-electron chi connectivity index (χ4n) is 3.58. The SMILES string of the molecule is O[C@H]1CC[C@H](Nc2nc(Nc3cnn(-c4cccnc4)c3)nc3ccsc23)CC1. The van der Waals surface area contributed by atoms with Crippen LogP contribution in [0, 0.1) is 0 Å². The average Bonchev–Trinajstić information content (AvgIpc) is 3.40. The number of nitrogens with one attached hydrogen (secondary N) is 2. The lowest BCUT2D eigenvalue weighted by atomic mass is 9.93. The third kappa shape index (κ3) is 3.92. The van der Waals surface area contributed by atoms with Crippen LogP contribution < -0.4 is 10.6 Å². The predicted molar refractivity (Wildman–Crippen MR) is 114 cm³/mol. The molecule has 9 heteroatoms. The highest BCUT2D eigenvalue weighted by Gasteiger charge is 2.21. The number of anilines is 3. The second-order valence-corrected chi connectivity index (χ2v) is 8.11. The molecule has 8 nitrogen and oxygen atoms in total. The van der Waals surface area contributed by atoms with Gasteiger partial charge in [0.15, 0.2) is 0 Å². The molecule has 1 saturated carbocycles. The van der Waals surface area contributed by atoms with Gasteiger partial charge in [-0.3, -0.25) is 4.98 Å². The van der Waals surface area contributed by atoms with Crippen LogP contribution in [0.1, 0.15) is 25.7 Å². The van der Waals surface area contributed by atoms with Gasteiger partial charge in [-0.15, -0.1) is 11.3 Å². The average molecular weight is 408 g/mol. The minimum absolute atomic E-state index is 0.172. The summed E-state index contributed by atoms with van der Waals surface area (Å²) < 4.78 is 2.80. The maximum absolute atomic E-state index is 9.75. The van der Waals surface area contributed by atoms with Gasteiger partial charge in [-0.1, -0.05) is 0 Å². The van der Waals surface area contributed by atoms with E-state index in [1.807, 2.05) is 29.8 Å². The molecule has 0 spiro atoms. The Bertz CT molecular complexity index is 1100. The normalized spacial score (nSPS) is 19.3. The van der Waals surface area contributed by atoms with Crippen molar-refractivity contribution in [1.29, 1.82) is 0 Å². The molecule has 1 aliphatic rings. The molecular weight excluding hydrogens is 386 g/mol. The summed E-state index contributed by atoms with van der Waals surface area (Å²) in [5.74, 6) is 1.37. The Hall–Kier alpha value is -3.04. The zero-order valence-electron chi connectivity index (χ0n) is 15.7. The summed E-state index contributed by atoms with van der Waals surface area (Å²) in [7, 11) is 0. The number of aromatic nitrogens is 5. The lowest BCUT2D eigenvalue weighted by Gasteiger charge is -2.26. The highest BCUT2D eigenvalue weighted by Crippen LogP contribution is 2.31. The molecule has 0 unspecified atom stereocenters. The van der Waals surface area contributed by atoms with Crippen molar-refractivity contribution < 1.29 is 5.11 Å². The Morgan fingerprint density at radius 2 is 2.00 bits per heavy atom. The Morgan fingerprint density at radius 1 is 1.10 bits per heavy atom. The van der Waals surface area contributed by atoms with Gasteiger partial charge in [0.2, 0.25) is 5.95 Å². The summed E-state index contributed by atoms with van der Waals surface area (Å²) >= 11 is 1.63. The second kappa shape index (κ2) is 7.76. The minimum Gasteiger partial charge on any atom is -0.393 e. The van der Waals surface area contributed by atoms with Gasteiger partial charge >= 0.3 is 0 Å². The second-order valence-electron chi connectivity index (χ2n) is 7.19. The fraction of sp³-hybridized carbons (Fsp3) is 0.300. The van der Waals surface area contributed by atoms with Gasteiger partial charge in [0, 0.05) is 12.2 Å². The van der Waals surface area contributed by atoms with Crippen molar-refractivity contribution in [3.8, 4) is 5.69 Å². The molecule has 0 bridgehead atoms. The van der Waals surface area contributed by atoms with E-state index in [1.54, 1.807) is 34.6 Å². The Kier molecular flexibility index (Phi) is 4.82. The number of fused-ring (bicyclic) bond motifs is 1. The van der Waals surface area contributed by atoms with Gasteiger partial charge in [-0.05, 0) is 49.3 Å². The molecule has 4 aromatic rings. The van der Waals surface area contributed by atoms with Crippen LogP contribution in [0.2, 0.25) is 0 Å². The molecule has 1 fully saturated rings. The van der Waals surface area contributed by atoms with Crippen molar-refractivity contribution in [2.75, 3.05) is 10.6 Å². The molecule has 0 aromatic carbocycles. The van der Waals surface area contributed by atoms with Crippen LogP contribution in [-0.2, 0) is 0 Å². The van der Waals surface area contributed by atoms with E-state index < -0.39 is 0 Å². The van der Waals surface area contributed by atoms with Crippen molar-refractivity contribution in [1.82, 2.24) is 24.7 Å². The minimum atomic E-state index is -0.172. The number of hydrogen-bond acceptors (Lipinski definition) is 8. The zero-order chi connectivity index (χ0) is 19.6. The number of aliphatic hydroxyl groups is 1. The fourth-order valence-corrected chi connectivity index (χ4v) is 4.36. The van der Waals surface area contributed by atoms with Crippen LogP contribution in [0.25, 0.3) is 15.9 Å². The topological polar surface area (TPSA) is 101 Å². The molecule has 1 aliphatic carbocycles. The Labute approximate surface area is 171 Å². The summed E-state index contributed by atoms with van der Waals surface area (Å²) in [5.41, 5.74) is 2.59.